The van der Waals surface area contributed by atoms with Gasteiger partial charge in [0.05, 0.1) is 22.8 Å². The van der Waals surface area contributed by atoms with Gasteiger partial charge in [-0.3, -0.25) is 29.0 Å². The molecule has 0 bridgehead atoms. The standard InChI is InChI=1S/C32H37N3O6S2/c1-2-41-23-18-16-22(17-19-23)33-26(36)21-35-25-14-11-10-13-24(25)28(30(35)39)29-31(40)34(32(42)43-29)20-12-8-6-4-3-5-7-9-15-27(37)38/h10-11,13-14,16-19H,2-9,12,15,20-21H2,1H3,(H,33,36)(H,37,38)/b29-28-. The van der Waals surface area contributed by atoms with Crippen LogP contribution in [-0.2, 0) is 19.2 Å². The number of ether oxygens (including phenoxy) is 1. The molecule has 0 aliphatic carbocycles. The SMILES string of the molecule is CCOc1ccc(NC(=O)CN2C(=O)/C(=C3\SC(=S)N(CCCCCCCCCCC(=O)O)C3=O)c3ccccc32)cc1. The number of rotatable bonds is 16. The molecule has 11 heteroatoms. The number of nitrogens with zero attached hydrogens (tertiary/aromatic N) is 2. The number of carboxylic acids is 1. The lowest BCUT2D eigenvalue weighted by Crippen LogP contribution is -2.35. The molecular weight excluding hydrogens is 587 g/mol. The maximum Gasteiger partial charge on any atom is 0.303 e. The Bertz CT molecular complexity index is 1390. The summed E-state index contributed by atoms with van der Waals surface area (Å²) < 4.78 is 5.87. The van der Waals surface area contributed by atoms with Gasteiger partial charge in [-0.15, -0.1) is 0 Å². The van der Waals surface area contributed by atoms with Gasteiger partial charge in [0.25, 0.3) is 11.8 Å². The van der Waals surface area contributed by atoms with Crippen molar-refractivity contribution in [1.29, 1.82) is 0 Å². The third-order valence-electron chi connectivity index (χ3n) is 7.27. The second-order valence-corrected chi connectivity index (χ2v) is 12.1. The number of unbranched alkanes of at least 4 members (excludes halogenated alkanes) is 7. The van der Waals surface area contributed by atoms with Crippen LogP contribution in [0.15, 0.2) is 53.4 Å². The van der Waals surface area contributed by atoms with Gasteiger partial charge in [-0.05, 0) is 50.1 Å². The van der Waals surface area contributed by atoms with E-state index in [9.17, 15) is 19.2 Å². The van der Waals surface area contributed by atoms with Gasteiger partial charge in [0, 0.05) is 24.2 Å². The Morgan fingerprint density at radius 3 is 2.21 bits per heavy atom. The summed E-state index contributed by atoms with van der Waals surface area (Å²) in [4.78, 5) is 54.0. The summed E-state index contributed by atoms with van der Waals surface area (Å²) >= 11 is 6.68. The molecule has 1 fully saturated rings. The van der Waals surface area contributed by atoms with Gasteiger partial charge in [0.2, 0.25) is 5.91 Å². The highest BCUT2D eigenvalue weighted by Crippen LogP contribution is 2.44. The van der Waals surface area contributed by atoms with Gasteiger partial charge in [0.15, 0.2) is 0 Å². The third kappa shape index (κ3) is 8.45. The van der Waals surface area contributed by atoms with E-state index in [0.29, 0.717) is 45.1 Å². The molecule has 1 saturated heterocycles. The number of aliphatic carboxylic acids is 1. The Labute approximate surface area is 261 Å². The lowest BCUT2D eigenvalue weighted by atomic mass is 10.1. The van der Waals surface area contributed by atoms with Crippen molar-refractivity contribution in [2.45, 2.75) is 64.7 Å². The van der Waals surface area contributed by atoms with Crippen molar-refractivity contribution in [2.24, 2.45) is 0 Å². The number of hydrogen-bond acceptors (Lipinski definition) is 7. The summed E-state index contributed by atoms with van der Waals surface area (Å²) in [5, 5.41) is 11.5. The average molecular weight is 624 g/mol. The maximum atomic E-state index is 13.7. The van der Waals surface area contributed by atoms with E-state index >= 15 is 0 Å². The van der Waals surface area contributed by atoms with Gasteiger partial charge >= 0.3 is 5.97 Å². The first-order chi connectivity index (χ1) is 20.8. The monoisotopic (exact) mass is 623 g/mol. The molecule has 3 amide bonds. The number of carbonyl (C=O) groups is 4. The first-order valence-corrected chi connectivity index (χ1v) is 16.0. The van der Waals surface area contributed by atoms with Crippen LogP contribution in [0.4, 0.5) is 11.4 Å². The highest BCUT2D eigenvalue weighted by Gasteiger charge is 2.42. The van der Waals surface area contributed by atoms with Crippen molar-refractivity contribution in [3.8, 4) is 5.75 Å². The van der Waals surface area contributed by atoms with Crippen LogP contribution in [0.3, 0.4) is 0 Å². The van der Waals surface area contributed by atoms with Crippen molar-refractivity contribution >= 4 is 68.9 Å². The van der Waals surface area contributed by atoms with Crippen LogP contribution >= 0.6 is 24.0 Å². The lowest BCUT2D eigenvalue weighted by Gasteiger charge is -2.17. The number of thioether (sulfide) groups is 1. The molecule has 0 radical (unpaired) electrons. The van der Waals surface area contributed by atoms with E-state index in [1.54, 1.807) is 47.4 Å². The molecule has 9 nitrogen and oxygen atoms in total. The van der Waals surface area contributed by atoms with E-state index in [-0.39, 0.29) is 30.4 Å². The fourth-order valence-corrected chi connectivity index (χ4v) is 6.53. The molecule has 0 atom stereocenters. The zero-order valence-electron chi connectivity index (χ0n) is 24.3. The van der Waals surface area contributed by atoms with E-state index in [4.69, 9.17) is 22.1 Å². The van der Waals surface area contributed by atoms with Gasteiger partial charge in [0.1, 0.15) is 16.6 Å². The molecule has 0 saturated carbocycles. The van der Waals surface area contributed by atoms with Crippen LogP contribution in [0.25, 0.3) is 5.57 Å². The molecule has 228 valence electrons. The number of para-hydroxylation sites is 1. The molecule has 0 spiro atoms. The summed E-state index contributed by atoms with van der Waals surface area (Å²) in [6.45, 7) is 2.73. The highest BCUT2D eigenvalue weighted by atomic mass is 32.2. The van der Waals surface area contributed by atoms with Crippen LogP contribution in [-0.4, -0.2) is 57.7 Å². The number of nitrogens with one attached hydrogen (secondary N) is 1. The largest absolute Gasteiger partial charge is 0.494 e. The number of anilines is 2. The summed E-state index contributed by atoms with van der Waals surface area (Å²) in [6.07, 6.45) is 7.86. The van der Waals surface area contributed by atoms with Crippen LogP contribution in [0.2, 0.25) is 0 Å². The van der Waals surface area contributed by atoms with E-state index in [2.05, 4.69) is 5.32 Å². The fraction of sp³-hybridized carbons (Fsp3) is 0.406. The van der Waals surface area contributed by atoms with Crippen molar-refractivity contribution in [3.63, 3.8) is 0 Å². The second-order valence-electron chi connectivity index (χ2n) is 10.4. The Hall–Kier alpha value is -3.70. The van der Waals surface area contributed by atoms with Crippen molar-refractivity contribution in [2.75, 3.05) is 29.9 Å². The minimum absolute atomic E-state index is 0.202. The third-order valence-corrected chi connectivity index (χ3v) is 8.72. The summed E-state index contributed by atoms with van der Waals surface area (Å²) in [5.74, 6) is -1.07. The molecule has 0 aromatic heterocycles. The van der Waals surface area contributed by atoms with E-state index in [1.807, 2.05) is 13.0 Å². The predicted octanol–water partition coefficient (Wildman–Crippen LogP) is 6.24. The Kier molecular flexibility index (Phi) is 11.7. The Morgan fingerprint density at radius 1 is 0.884 bits per heavy atom. The van der Waals surface area contributed by atoms with E-state index < -0.39 is 11.9 Å². The Balaban J connectivity index is 1.34. The zero-order valence-corrected chi connectivity index (χ0v) is 25.9. The number of carboxylic acid groups (broad SMARTS) is 1. The van der Waals surface area contributed by atoms with Gasteiger partial charge in [-0.2, -0.15) is 0 Å². The van der Waals surface area contributed by atoms with E-state index in [0.717, 1.165) is 63.1 Å². The highest BCUT2D eigenvalue weighted by molar-refractivity contribution is 8.26. The first kappa shape index (κ1) is 32.2. The first-order valence-electron chi connectivity index (χ1n) is 14.7. The lowest BCUT2D eigenvalue weighted by molar-refractivity contribution is -0.137. The van der Waals surface area contributed by atoms with Crippen LogP contribution in [0, 0.1) is 0 Å². The number of carbonyl (C=O) groups excluding carboxylic acids is 3. The van der Waals surface area contributed by atoms with Crippen molar-refractivity contribution in [3.05, 3.63) is 59.0 Å². The predicted molar refractivity (Wildman–Crippen MR) is 173 cm³/mol. The van der Waals surface area contributed by atoms with Gasteiger partial charge in [-0.25, -0.2) is 0 Å². The average Bonchev–Trinajstić information content (AvgIpc) is 3.41. The summed E-state index contributed by atoms with van der Waals surface area (Å²) in [5.41, 5.74) is 2.07. The van der Waals surface area contributed by atoms with Crippen molar-refractivity contribution in [1.82, 2.24) is 4.90 Å². The molecule has 43 heavy (non-hydrogen) atoms. The number of thiocarbonyl (C=S) groups is 1. The Morgan fingerprint density at radius 2 is 1.53 bits per heavy atom. The van der Waals surface area contributed by atoms with Crippen LogP contribution < -0.4 is 15.0 Å². The molecule has 2 aliphatic rings. The molecular formula is C32H37N3O6S2. The van der Waals surface area contributed by atoms with Crippen LogP contribution in [0.1, 0.15) is 70.3 Å². The molecule has 2 aromatic rings. The minimum Gasteiger partial charge on any atom is -0.494 e. The molecule has 2 aromatic carbocycles. The summed E-state index contributed by atoms with van der Waals surface area (Å²) in [6, 6.07) is 14.2. The smallest absolute Gasteiger partial charge is 0.303 e. The number of amides is 3. The summed E-state index contributed by atoms with van der Waals surface area (Å²) in [7, 11) is 0. The molecule has 4 rings (SSSR count). The quantitative estimate of drug-likeness (QED) is 0.128. The van der Waals surface area contributed by atoms with E-state index in [1.165, 1.54) is 4.90 Å². The topological polar surface area (TPSA) is 116 Å². The second kappa shape index (κ2) is 15.7. The number of fused-ring (bicyclic) bond motifs is 1. The van der Waals surface area contributed by atoms with Crippen LogP contribution in [0.5, 0.6) is 5.75 Å². The zero-order chi connectivity index (χ0) is 30.8. The molecule has 2 N–H and O–H groups in total. The number of hydrogen-bond donors (Lipinski definition) is 2. The number of benzene rings is 2. The minimum atomic E-state index is -0.742. The fourth-order valence-electron chi connectivity index (χ4n) is 5.15. The molecule has 2 heterocycles. The molecule has 2 aliphatic heterocycles. The normalized spacial score (nSPS) is 16.2. The molecule has 0 unspecified atom stereocenters. The van der Waals surface area contributed by atoms with Crippen molar-refractivity contribution < 1.29 is 29.0 Å². The maximum absolute atomic E-state index is 13.7. The van der Waals surface area contributed by atoms with Gasteiger partial charge < -0.3 is 15.2 Å². The van der Waals surface area contributed by atoms with Gasteiger partial charge in [-0.1, -0.05) is 80.7 Å².